The first-order chi connectivity index (χ1) is 11.7. The monoisotopic (exact) mass is 314 g/mol. The highest BCUT2D eigenvalue weighted by Gasteiger charge is 2.01. The smallest absolute Gasteiger partial charge is 0.127 e. The van der Waals surface area contributed by atoms with Crippen molar-refractivity contribution in [2.45, 2.75) is 20.5 Å². The first-order valence-corrected chi connectivity index (χ1v) is 8.23. The number of rotatable bonds is 5. The van der Waals surface area contributed by atoms with E-state index in [-0.39, 0.29) is 0 Å². The minimum Gasteiger partial charge on any atom is -0.488 e. The number of benzene rings is 3. The molecule has 0 aliphatic rings. The number of ether oxygens (including phenoxy) is 1. The summed E-state index contributed by atoms with van der Waals surface area (Å²) in [5.74, 6) is 0.905. The summed E-state index contributed by atoms with van der Waals surface area (Å²) in [6, 6.07) is 24.9. The Balaban J connectivity index is 1.79. The predicted molar refractivity (Wildman–Crippen MR) is 102 cm³/mol. The molecule has 0 fully saturated rings. The molecule has 0 amide bonds. The van der Waals surface area contributed by atoms with Crippen LogP contribution in [-0.4, -0.2) is 0 Å². The second-order valence-electron chi connectivity index (χ2n) is 6.01. The van der Waals surface area contributed by atoms with E-state index in [0.717, 1.165) is 11.3 Å². The number of hydrogen-bond acceptors (Lipinski definition) is 1. The molecule has 1 heteroatoms. The zero-order valence-electron chi connectivity index (χ0n) is 14.2. The maximum absolute atomic E-state index is 6.01. The lowest BCUT2D eigenvalue weighted by Gasteiger charge is -2.09. The second-order valence-corrected chi connectivity index (χ2v) is 6.01. The average Bonchev–Trinajstić information content (AvgIpc) is 2.62. The number of aryl methyl sites for hydroxylation is 2. The van der Waals surface area contributed by atoms with Gasteiger partial charge in [-0.05, 0) is 36.6 Å². The lowest BCUT2D eigenvalue weighted by Crippen LogP contribution is -1.96. The third kappa shape index (κ3) is 4.14. The van der Waals surface area contributed by atoms with Crippen LogP contribution in [0.25, 0.3) is 12.2 Å². The van der Waals surface area contributed by atoms with Crippen LogP contribution in [0.4, 0.5) is 0 Å². The maximum atomic E-state index is 6.01. The summed E-state index contributed by atoms with van der Waals surface area (Å²) in [5.41, 5.74) is 6.06. The molecule has 0 saturated carbocycles. The van der Waals surface area contributed by atoms with Crippen LogP contribution in [0, 0.1) is 13.8 Å². The van der Waals surface area contributed by atoms with E-state index in [1.54, 1.807) is 0 Å². The standard InChI is InChI=1S/C23H22O/c1-18-12-13-19(2)22(16-18)15-14-21-10-6-7-11-23(21)24-17-20-8-4-3-5-9-20/h3-16H,17H2,1-2H3/b15-14+. The molecule has 0 aliphatic carbocycles. The molecule has 3 aromatic carbocycles. The van der Waals surface area contributed by atoms with Gasteiger partial charge in [0.25, 0.3) is 0 Å². The highest BCUT2D eigenvalue weighted by Crippen LogP contribution is 2.23. The molecule has 0 N–H and O–H groups in total. The molecule has 120 valence electrons. The summed E-state index contributed by atoms with van der Waals surface area (Å²) in [6.07, 6.45) is 4.29. The van der Waals surface area contributed by atoms with Crippen molar-refractivity contribution in [2.75, 3.05) is 0 Å². The van der Waals surface area contributed by atoms with Gasteiger partial charge in [0, 0.05) is 5.56 Å². The molecule has 0 unspecified atom stereocenters. The fourth-order valence-corrected chi connectivity index (χ4v) is 2.60. The third-order valence-corrected chi connectivity index (χ3v) is 4.03. The van der Waals surface area contributed by atoms with Crippen LogP contribution in [0.3, 0.4) is 0 Å². The van der Waals surface area contributed by atoms with E-state index in [0.29, 0.717) is 6.61 Å². The third-order valence-electron chi connectivity index (χ3n) is 4.03. The van der Waals surface area contributed by atoms with E-state index in [1.807, 2.05) is 36.4 Å². The molecule has 0 saturated heterocycles. The van der Waals surface area contributed by atoms with E-state index in [9.17, 15) is 0 Å². The lowest BCUT2D eigenvalue weighted by molar-refractivity contribution is 0.305. The molecule has 0 aromatic heterocycles. The highest BCUT2D eigenvalue weighted by molar-refractivity contribution is 5.74. The molecule has 3 aromatic rings. The minimum atomic E-state index is 0.579. The van der Waals surface area contributed by atoms with Gasteiger partial charge < -0.3 is 4.74 Å². The quantitative estimate of drug-likeness (QED) is 0.521. The summed E-state index contributed by atoms with van der Waals surface area (Å²) >= 11 is 0. The lowest BCUT2D eigenvalue weighted by atomic mass is 10.0. The maximum Gasteiger partial charge on any atom is 0.127 e. The van der Waals surface area contributed by atoms with Crippen molar-refractivity contribution in [3.63, 3.8) is 0 Å². The number of para-hydroxylation sites is 1. The minimum absolute atomic E-state index is 0.579. The summed E-state index contributed by atoms with van der Waals surface area (Å²) in [7, 11) is 0. The molecule has 0 radical (unpaired) electrons. The van der Waals surface area contributed by atoms with Crippen LogP contribution < -0.4 is 4.74 Å². The van der Waals surface area contributed by atoms with Gasteiger partial charge in [0.15, 0.2) is 0 Å². The molecule has 0 aliphatic heterocycles. The molecule has 0 bridgehead atoms. The van der Waals surface area contributed by atoms with Gasteiger partial charge in [-0.3, -0.25) is 0 Å². The normalized spacial score (nSPS) is 10.9. The summed E-state index contributed by atoms with van der Waals surface area (Å²) in [4.78, 5) is 0. The highest BCUT2D eigenvalue weighted by atomic mass is 16.5. The van der Waals surface area contributed by atoms with Crippen molar-refractivity contribution in [1.29, 1.82) is 0 Å². The Morgan fingerprint density at radius 3 is 2.29 bits per heavy atom. The van der Waals surface area contributed by atoms with Crippen LogP contribution in [0.2, 0.25) is 0 Å². The van der Waals surface area contributed by atoms with Crippen molar-refractivity contribution in [3.05, 3.63) is 101 Å². The fraction of sp³-hybridized carbons (Fsp3) is 0.130. The Labute approximate surface area is 144 Å². The van der Waals surface area contributed by atoms with Crippen LogP contribution in [0.5, 0.6) is 5.75 Å². The van der Waals surface area contributed by atoms with Crippen LogP contribution in [0.15, 0.2) is 72.8 Å². The van der Waals surface area contributed by atoms with Gasteiger partial charge in [0.2, 0.25) is 0 Å². The molecular weight excluding hydrogens is 292 g/mol. The average molecular weight is 314 g/mol. The Hall–Kier alpha value is -2.80. The van der Waals surface area contributed by atoms with Gasteiger partial charge in [-0.15, -0.1) is 0 Å². The van der Waals surface area contributed by atoms with E-state index in [2.05, 4.69) is 62.4 Å². The van der Waals surface area contributed by atoms with Crippen molar-refractivity contribution in [2.24, 2.45) is 0 Å². The van der Waals surface area contributed by atoms with E-state index in [1.165, 1.54) is 22.3 Å². The molecular formula is C23H22O. The Morgan fingerprint density at radius 1 is 0.750 bits per heavy atom. The van der Waals surface area contributed by atoms with Crippen molar-refractivity contribution in [3.8, 4) is 5.75 Å². The van der Waals surface area contributed by atoms with Gasteiger partial charge in [-0.25, -0.2) is 0 Å². The predicted octanol–water partition coefficient (Wildman–Crippen LogP) is 6.05. The Kier molecular flexibility index (Phi) is 5.12. The molecule has 0 heterocycles. The topological polar surface area (TPSA) is 9.23 Å². The Bertz CT molecular complexity index is 832. The largest absolute Gasteiger partial charge is 0.488 e. The van der Waals surface area contributed by atoms with Crippen LogP contribution in [-0.2, 0) is 6.61 Å². The summed E-state index contributed by atoms with van der Waals surface area (Å²) < 4.78 is 6.01. The van der Waals surface area contributed by atoms with Crippen molar-refractivity contribution >= 4 is 12.2 Å². The molecule has 3 rings (SSSR count). The van der Waals surface area contributed by atoms with Gasteiger partial charge in [-0.1, -0.05) is 84.4 Å². The van der Waals surface area contributed by atoms with Crippen molar-refractivity contribution in [1.82, 2.24) is 0 Å². The van der Waals surface area contributed by atoms with Gasteiger partial charge in [-0.2, -0.15) is 0 Å². The molecule has 0 spiro atoms. The molecule has 1 nitrogen and oxygen atoms in total. The van der Waals surface area contributed by atoms with Crippen LogP contribution >= 0.6 is 0 Å². The first kappa shape index (κ1) is 16.1. The van der Waals surface area contributed by atoms with E-state index in [4.69, 9.17) is 4.74 Å². The van der Waals surface area contributed by atoms with Crippen LogP contribution in [0.1, 0.15) is 27.8 Å². The zero-order chi connectivity index (χ0) is 16.8. The first-order valence-electron chi connectivity index (χ1n) is 8.23. The summed E-state index contributed by atoms with van der Waals surface area (Å²) in [6.45, 7) is 4.83. The fourth-order valence-electron chi connectivity index (χ4n) is 2.60. The summed E-state index contributed by atoms with van der Waals surface area (Å²) in [5, 5.41) is 0. The SMILES string of the molecule is Cc1ccc(C)c(/C=C/c2ccccc2OCc2ccccc2)c1. The molecule has 24 heavy (non-hydrogen) atoms. The number of hydrogen-bond donors (Lipinski definition) is 0. The zero-order valence-corrected chi connectivity index (χ0v) is 14.2. The van der Waals surface area contributed by atoms with Crippen molar-refractivity contribution < 1.29 is 4.74 Å². The van der Waals surface area contributed by atoms with E-state index >= 15 is 0 Å². The van der Waals surface area contributed by atoms with Gasteiger partial charge in [0.05, 0.1) is 0 Å². The molecule has 0 atom stereocenters. The second kappa shape index (κ2) is 7.65. The van der Waals surface area contributed by atoms with Gasteiger partial charge >= 0.3 is 0 Å². The van der Waals surface area contributed by atoms with Gasteiger partial charge in [0.1, 0.15) is 12.4 Å². The Morgan fingerprint density at radius 2 is 1.46 bits per heavy atom. The van der Waals surface area contributed by atoms with E-state index < -0.39 is 0 Å².